The Morgan fingerprint density at radius 2 is 1.04 bits per heavy atom. The zero-order valence-corrected chi connectivity index (χ0v) is 29.2. The summed E-state index contributed by atoms with van der Waals surface area (Å²) >= 11 is 0. The van der Waals surface area contributed by atoms with E-state index in [2.05, 4.69) is 31.2 Å². The van der Waals surface area contributed by atoms with Crippen molar-refractivity contribution < 1.29 is 38.8 Å². The first-order chi connectivity index (χ1) is 22.7. The van der Waals surface area contributed by atoms with E-state index in [1.165, 1.54) is 5.56 Å². The maximum Gasteiger partial charge on any atom is 0.303 e. The van der Waals surface area contributed by atoms with E-state index in [0.29, 0.717) is 50.1 Å². The SMILES string of the molecule is CC(=O)CCCCCOC1CCC(C(C)(c2ccc(OCCCCCC(=O)O)cc2)C2CCC(OCCCCCC(=O)O)CC2)CC1. The smallest absolute Gasteiger partial charge is 0.303 e. The van der Waals surface area contributed by atoms with Crippen LogP contribution in [-0.4, -0.2) is 60.0 Å². The number of hydrogen-bond acceptors (Lipinski definition) is 6. The molecule has 0 aromatic heterocycles. The Hall–Kier alpha value is -2.45. The first-order valence-electron chi connectivity index (χ1n) is 18.6. The summed E-state index contributed by atoms with van der Waals surface area (Å²) in [6.45, 7) is 6.26. The van der Waals surface area contributed by atoms with Gasteiger partial charge in [-0.2, -0.15) is 0 Å². The molecule has 47 heavy (non-hydrogen) atoms. The highest BCUT2D eigenvalue weighted by molar-refractivity contribution is 5.75. The molecule has 0 saturated heterocycles. The number of benzene rings is 1. The largest absolute Gasteiger partial charge is 0.494 e. The summed E-state index contributed by atoms with van der Waals surface area (Å²) in [4.78, 5) is 32.7. The van der Waals surface area contributed by atoms with Gasteiger partial charge in [-0.15, -0.1) is 0 Å². The lowest BCUT2D eigenvalue weighted by atomic mass is 9.56. The third-order valence-electron chi connectivity index (χ3n) is 10.7. The summed E-state index contributed by atoms with van der Waals surface area (Å²) in [5, 5.41) is 17.7. The number of Topliss-reactive ketones (excluding diaryl/α,β-unsaturated/α-hetero) is 1. The highest BCUT2D eigenvalue weighted by Crippen LogP contribution is 2.51. The number of ether oxygens (including phenoxy) is 3. The standard InChI is InChI=1S/C39H62O8/c1-30(40)12-6-3-9-27-45-34-21-15-31(16-22-34)39(2,32-17-23-35(24-18-32)46-28-10-4-7-13-37(41)42)33-19-25-36(26-20-33)47-29-11-5-8-14-38(43)44/h17-18,23-24,31,33-34,36H,3-16,19-22,25-29H2,1-2H3,(H,41,42)(H,43,44). The highest BCUT2D eigenvalue weighted by Gasteiger charge is 2.45. The molecule has 0 radical (unpaired) electrons. The minimum absolute atomic E-state index is 0.0504. The van der Waals surface area contributed by atoms with Gasteiger partial charge in [0.05, 0.1) is 18.8 Å². The van der Waals surface area contributed by atoms with Gasteiger partial charge < -0.3 is 29.2 Å². The number of aliphatic carboxylic acids is 2. The molecular weight excluding hydrogens is 596 g/mol. The fraction of sp³-hybridized carbons (Fsp3) is 0.769. The van der Waals surface area contributed by atoms with Gasteiger partial charge in [0.25, 0.3) is 0 Å². The second kappa shape index (κ2) is 21.5. The van der Waals surface area contributed by atoms with Crippen LogP contribution in [0.5, 0.6) is 5.75 Å². The number of carbonyl (C=O) groups is 3. The normalized spacial score (nSPS) is 22.8. The van der Waals surface area contributed by atoms with E-state index >= 15 is 0 Å². The van der Waals surface area contributed by atoms with Crippen molar-refractivity contribution in [3.63, 3.8) is 0 Å². The zero-order chi connectivity index (χ0) is 33.9. The number of unbranched alkanes of at least 4 members (excludes halogenated alkanes) is 6. The minimum atomic E-state index is -0.742. The van der Waals surface area contributed by atoms with Crippen LogP contribution in [-0.2, 0) is 29.3 Å². The Bertz CT molecular complexity index is 992. The van der Waals surface area contributed by atoms with E-state index in [1.54, 1.807) is 6.92 Å². The molecule has 2 fully saturated rings. The van der Waals surface area contributed by atoms with Crippen molar-refractivity contribution in [2.75, 3.05) is 19.8 Å². The predicted molar refractivity (Wildman–Crippen MR) is 184 cm³/mol. The van der Waals surface area contributed by atoms with Gasteiger partial charge in [-0.25, -0.2) is 0 Å². The van der Waals surface area contributed by atoms with E-state index in [4.69, 9.17) is 24.4 Å². The van der Waals surface area contributed by atoms with Crippen LogP contribution in [0.2, 0.25) is 0 Å². The van der Waals surface area contributed by atoms with Crippen molar-refractivity contribution in [2.24, 2.45) is 11.8 Å². The molecule has 0 heterocycles. The average molecular weight is 659 g/mol. The second-order valence-corrected chi connectivity index (χ2v) is 14.3. The van der Waals surface area contributed by atoms with E-state index in [9.17, 15) is 14.4 Å². The summed E-state index contributed by atoms with van der Waals surface area (Å²) in [5.41, 5.74) is 1.44. The van der Waals surface area contributed by atoms with Crippen molar-refractivity contribution in [1.29, 1.82) is 0 Å². The summed E-state index contributed by atoms with van der Waals surface area (Å²) < 4.78 is 18.6. The Morgan fingerprint density at radius 3 is 1.47 bits per heavy atom. The summed E-state index contributed by atoms with van der Waals surface area (Å²) in [7, 11) is 0. The molecule has 3 rings (SSSR count). The molecule has 0 bridgehead atoms. The van der Waals surface area contributed by atoms with Crippen LogP contribution in [0.1, 0.15) is 148 Å². The molecule has 266 valence electrons. The van der Waals surface area contributed by atoms with Gasteiger partial charge >= 0.3 is 11.9 Å². The quantitative estimate of drug-likeness (QED) is 0.106. The molecule has 2 aliphatic carbocycles. The first-order valence-corrected chi connectivity index (χ1v) is 18.6. The lowest BCUT2D eigenvalue weighted by Crippen LogP contribution is -2.44. The van der Waals surface area contributed by atoms with Crippen LogP contribution in [0.25, 0.3) is 0 Å². The molecule has 0 aliphatic heterocycles. The van der Waals surface area contributed by atoms with Crippen LogP contribution in [0.4, 0.5) is 0 Å². The van der Waals surface area contributed by atoms with Gasteiger partial charge in [0.15, 0.2) is 0 Å². The third-order valence-corrected chi connectivity index (χ3v) is 10.7. The molecule has 0 spiro atoms. The van der Waals surface area contributed by atoms with E-state index in [0.717, 1.165) is 115 Å². The number of rotatable bonds is 24. The van der Waals surface area contributed by atoms with Crippen molar-refractivity contribution in [1.82, 2.24) is 0 Å². The molecule has 1 aromatic carbocycles. The van der Waals surface area contributed by atoms with E-state index < -0.39 is 11.9 Å². The van der Waals surface area contributed by atoms with Crippen LogP contribution < -0.4 is 4.74 Å². The van der Waals surface area contributed by atoms with Gasteiger partial charge in [0, 0.05) is 32.5 Å². The predicted octanol–water partition coefficient (Wildman–Crippen LogP) is 8.91. The molecule has 2 N–H and O–H groups in total. The fourth-order valence-electron chi connectivity index (χ4n) is 7.83. The highest BCUT2D eigenvalue weighted by atomic mass is 16.5. The van der Waals surface area contributed by atoms with Crippen molar-refractivity contribution >= 4 is 17.7 Å². The fourth-order valence-corrected chi connectivity index (χ4v) is 7.83. The van der Waals surface area contributed by atoms with Gasteiger partial charge in [0.2, 0.25) is 0 Å². The van der Waals surface area contributed by atoms with Crippen LogP contribution in [0, 0.1) is 11.8 Å². The van der Waals surface area contributed by atoms with Crippen LogP contribution in [0.15, 0.2) is 24.3 Å². The van der Waals surface area contributed by atoms with Crippen molar-refractivity contribution in [2.45, 2.75) is 160 Å². The zero-order valence-electron chi connectivity index (χ0n) is 29.2. The lowest BCUT2D eigenvalue weighted by Gasteiger charge is -2.49. The van der Waals surface area contributed by atoms with Gasteiger partial charge in [-0.3, -0.25) is 9.59 Å². The summed E-state index contributed by atoms with van der Waals surface area (Å²) in [6.07, 6.45) is 18.6. The Balaban J connectivity index is 1.55. The van der Waals surface area contributed by atoms with E-state index in [1.807, 2.05) is 0 Å². The Morgan fingerprint density at radius 1 is 0.617 bits per heavy atom. The second-order valence-electron chi connectivity index (χ2n) is 14.3. The lowest BCUT2D eigenvalue weighted by molar-refractivity contribution is -0.138. The molecular formula is C39H62O8. The number of carbonyl (C=O) groups excluding carboxylic acids is 1. The number of carboxylic acid groups (broad SMARTS) is 2. The first kappa shape index (κ1) is 39.0. The summed E-state index contributed by atoms with van der Waals surface area (Å²) in [5.74, 6) is 0.825. The Labute approximate surface area is 283 Å². The molecule has 0 amide bonds. The minimum Gasteiger partial charge on any atom is -0.494 e. The molecule has 1 unspecified atom stereocenters. The van der Waals surface area contributed by atoms with Gasteiger partial charge in [-0.05, 0) is 138 Å². The number of carboxylic acids is 2. The Kier molecular flexibility index (Phi) is 17.8. The molecule has 8 heteroatoms. The topological polar surface area (TPSA) is 119 Å². The van der Waals surface area contributed by atoms with Crippen molar-refractivity contribution in [3.8, 4) is 5.75 Å². The summed E-state index contributed by atoms with van der Waals surface area (Å²) in [6, 6.07) is 8.79. The third kappa shape index (κ3) is 14.3. The molecule has 2 aliphatic rings. The number of ketones is 1. The van der Waals surface area contributed by atoms with E-state index in [-0.39, 0.29) is 24.0 Å². The number of hydrogen-bond donors (Lipinski definition) is 2. The monoisotopic (exact) mass is 658 g/mol. The molecule has 1 atom stereocenters. The van der Waals surface area contributed by atoms with Gasteiger partial charge in [-0.1, -0.05) is 31.9 Å². The van der Waals surface area contributed by atoms with Crippen LogP contribution >= 0.6 is 0 Å². The maximum atomic E-state index is 11.2. The van der Waals surface area contributed by atoms with Crippen molar-refractivity contribution in [3.05, 3.63) is 29.8 Å². The maximum absolute atomic E-state index is 11.2. The molecule has 2 saturated carbocycles. The molecule has 1 aromatic rings. The molecule has 8 nitrogen and oxygen atoms in total. The van der Waals surface area contributed by atoms with Gasteiger partial charge in [0.1, 0.15) is 11.5 Å². The average Bonchev–Trinajstić information content (AvgIpc) is 3.06. The van der Waals surface area contributed by atoms with Crippen LogP contribution in [0.3, 0.4) is 0 Å².